The molecule has 0 aliphatic heterocycles. The number of benzene rings is 9. The molecule has 0 amide bonds. The SMILES string of the molecule is CCc1nc2ccccc2n1-c1ccc(-c2c3ccccc3c(-c3cccc4ccc5ccccc5c34)c3cc(-c4ccccc4)ccc23)cc1. The highest BCUT2D eigenvalue weighted by Gasteiger charge is 2.20. The second-order valence-corrected chi connectivity index (χ2v) is 13.4. The van der Waals surface area contributed by atoms with Gasteiger partial charge in [0.1, 0.15) is 5.82 Å². The molecular weight excluding hydrogens is 617 g/mol. The Hall–Kier alpha value is -6.51. The highest BCUT2D eigenvalue weighted by Crippen LogP contribution is 2.47. The van der Waals surface area contributed by atoms with Gasteiger partial charge >= 0.3 is 0 Å². The third-order valence-electron chi connectivity index (χ3n) is 10.5. The van der Waals surface area contributed by atoms with Crippen LogP contribution in [0.15, 0.2) is 176 Å². The van der Waals surface area contributed by atoms with Gasteiger partial charge in [-0.25, -0.2) is 4.98 Å². The van der Waals surface area contributed by atoms with Gasteiger partial charge in [-0.2, -0.15) is 0 Å². The van der Waals surface area contributed by atoms with Crippen molar-refractivity contribution in [1.29, 1.82) is 0 Å². The molecule has 10 aromatic rings. The summed E-state index contributed by atoms with van der Waals surface area (Å²) in [5.41, 5.74) is 10.7. The molecule has 2 nitrogen and oxygen atoms in total. The fourth-order valence-corrected chi connectivity index (χ4v) is 8.24. The van der Waals surface area contributed by atoms with Gasteiger partial charge in [-0.15, -0.1) is 0 Å². The standard InChI is InChI=1S/C49H34N2/c1-2-46-50-44-21-10-11-22-45(44)51(46)37-28-25-35(26-29-37)48-39-18-8-9-19-40(39)49(43-31-36(27-30-41(43)48)32-13-4-3-5-14-32)42-20-12-16-34-24-23-33-15-6-7-17-38(33)47(34)42/h3-31H,2H2,1H3. The molecule has 0 aliphatic rings. The van der Waals surface area contributed by atoms with Crippen molar-refractivity contribution in [1.82, 2.24) is 9.55 Å². The van der Waals surface area contributed by atoms with Gasteiger partial charge in [0.25, 0.3) is 0 Å². The predicted octanol–water partition coefficient (Wildman–Crippen LogP) is 13.2. The molecule has 0 N–H and O–H groups in total. The lowest BCUT2D eigenvalue weighted by Gasteiger charge is -2.20. The smallest absolute Gasteiger partial charge is 0.114 e. The Morgan fingerprint density at radius 3 is 1.92 bits per heavy atom. The third-order valence-corrected chi connectivity index (χ3v) is 10.5. The van der Waals surface area contributed by atoms with Crippen molar-refractivity contribution in [3.05, 3.63) is 182 Å². The average Bonchev–Trinajstić information content (AvgIpc) is 3.59. The second-order valence-electron chi connectivity index (χ2n) is 13.4. The Morgan fingerprint density at radius 1 is 0.451 bits per heavy atom. The maximum Gasteiger partial charge on any atom is 0.114 e. The van der Waals surface area contributed by atoms with E-state index in [9.17, 15) is 0 Å². The van der Waals surface area contributed by atoms with Crippen molar-refractivity contribution in [3.8, 4) is 39.1 Å². The minimum absolute atomic E-state index is 0.861. The summed E-state index contributed by atoms with van der Waals surface area (Å²) in [5, 5.41) is 10.1. The van der Waals surface area contributed by atoms with Crippen molar-refractivity contribution < 1.29 is 0 Å². The van der Waals surface area contributed by atoms with E-state index in [0.717, 1.165) is 29.0 Å². The van der Waals surface area contributed by atoms with Crippen LogP contribution in [-0.4, -0.2) is 9.55 Å². The lowest BCUT2D eigenvalue weighted by molar-refractivity contribution is 0.908. The molecule has 1 aromatic heterocycles. The zero-order valence-electron chi connectivity index (χ0n) is 28.3. The number of fused-ring (bicyclic) bond motifs is 6. The largest absolute Gasteiger partial charge is 0.296 e. The van der Waals surface area contributed by atoms with Gasteiger partial charge in [-0.1, -0.05) is 153 Å². The van der Waals surface area contributed by atoms with E-state index in [1.807, 2.05) is 0 Å². The third kappa shape index (κ3) is 4.68. The normalized spacial score (nSPS) is 11.7. The first-order chi connectivity index (χ1) is 25.3. The number of nitrogens with zero attached hydrogens (tertiary/aromatic N) is 2. The van der Waals surface area contributed by atoms with Gasteiger partial charge in [0.05, 0.1) is 11.0 Å². The lowest BCUT2D eigenvalue weighted by Crippen LogP contribution is -2.00. The summed E-state index contributed by atoms with van der Waals surface area (Å²) >= 11 is 0. The van der Waals surface area contributed by atoms with Crippen LogP contribution in [0.5, 0.6) is 0 Å². The van der Waals surface area contributed by atoms with Gasteiger partial charge in [-0.05, 0) is 107 Å². The maximum atomic E-state index is 4.95. The number of hydrogen-bond donors (Lipinski definition) is 0. The number of aromatic nitrogens is 2. The van der Waals surface area contributed by atoms with Gasteiger partial charge in [0, 0.05) is 12.1 Å². The van der Waals surface area contributed by atoms with E-state index < -0.39 is 0 Å². The van der Waals surface area contributed by atoms with E-state index in [-0.39, 0.29) is 0 Å². The fraction of sp³-hybridized carbons (Fsp3) is 0.0408. The van der Waals surface area contributed by atoms with Crippen LogP contribution in [-0.2, 0) is 6.42 Å². The molecule has 2 heteroatoms. The van der Waals surface area contributed by atoms with E-state index in [1.54, 1.807) is 0 Å². The van der Waals surface area contributed by atoms with Gasteiger partial charge in [0.15, 0.2) is 0 Å². The van der Waals surface area contributed by atoms with Crippen LogP contribution in [0.4, 0.5) is 0 Å². The van der Waals surface area contributed by atoms with Crippen molar-refractivity contribution in [2.75, 3.05) is 0 Å². The molecule has 0 bridgehead atoms. The van der Waals surface area contributed by atoms with Crippen LogP contribution >= 0.6 is 0 Å². The number of imidazole rings is 1. The summed E-state index contributed by atoms with van der Waals surface area (Å²) in [6.45, 7) is 2.17. The molecule has 51 heavy (non-hydrogen) atoms. The van der Waals surface area contributed by atoms with Crippen molar-refractivity contribution in [3.63, 3.8) is 0 Å². The summed E-state index contributed by atoms with van der Waals surface area (Å²) < 4.78 is 2.30. The van der Waals surface area contributed by atoms with E-state index >= 15 is 0 Å². The van der Waals surface area contributed by atoms with Crippen LogP contribution in [0, 0.1) is 0 Å². The Balaban J connectivity index is 1.28. The minimum atomic E-state index is 0.861. The lowest BCUT2D eigenvalue weighted by atomic mass is 9.83. The molecule has 10 rings (SSSR count). The van der Waals surface area contributed by atoms with Crippen molar-refractivity contribution in [2.24, 2.45) is 0 Å². The average molecular weight is 651 g/mol. The van der Waals surface area contributed by atoms with E-state index in [4.69, 9.17) is 4.98 Å². The van der Waals surface area contributed by atoms with E-state index in [0.29, 0.717) is 0 Å². The number of hydrogen-bond acceptors (Lipinski definition) is 1. The summed E-state index contributed by atoms with van der Waals surface area (Å²) in [5.74, 6) is 1.07. The van der Waals surface area contributed by atoms with Crippen LogP contribution in [0.1, 0.15) is 12.7 Å². The van der Waals surface area contributed by atoms with Gasteiger partial charge in [0.2, 0.25) is 0 Å². The molecule has 0 spiro atoms. The van der Waals surface area contributed by atoms with E-state index in [1.165, 1.54) is 76.5 Å². The molecule has 0 saturated heterocycles. The van der Waals surface area contributed by atoms with Gasteiger partial charge < -0.3 is 0 Å². The van der Waals surface area contributed by atoms with Crippen LogP contribution < -0.4 is 0 Å². The summed E-state index contributed by atoms with van der Waals surface area (Å²) in [6, 6.07) is 64.4. The molecule has 240 valence electrons. The number of rotatable bonds is 5. The fourth-order valence-electron chi connectivity index (χ4n) is 8.24. The first-order valence-corrected chi connectivity index (χ1v) is 17.8. The zero-order chi connectivity index (χ0) is 33.9. The van der Waals surface area contributed by atoms with Crippen LogP contribution in [0.3, 0.4) is 0 Å². The Bertz CT molecular complexity index is 2930. The molecule has 0 radical (unpaired) electrons. The number of para-hydroxylation sites is 2. The molecule has 0 fully saturated rings. The van der Waals surface area contributed by atoms with Gasteiger partial charge in [-0.3, -0.25) is 4.57 Å². The molecule has 0 atom stereocenters. The highest BCUT2D eigenvalue weighted by molar-refractivity contribution is 6.26. The molecule has 9 aromatic carbocycles. The van der Waals surface area contributed by atoms with E-state index in [2.05, 4.69) is 187 Å². The Morgan fingerprint density at radius 2 is 1.10 bits per heavy atom. The molecule has 0 saturated carbocycles. The number of aryl methyl sites for hydroxylation is 1. The second kappa shape index (κ2) is 11.8. The Kier molecular flexibility index (Phi) is 6.82. The maximum absolute atomic E-state index is 4.95. The topological polar surface area (TPSA) is 17.8 Å². The molecule has 0 aliphatic carbocycles. The summed E-state index contributed by atoms with van der Waals surface area (Å²) in [6.07, 6.45) is 0.861. The predicted molar refractivity (Wildman–Crippen MR) is 217 cm³/mol. The highest BCUT2D eigenvalue weighted by atomic mass is 15.1. The van der Waals surface area contributed by atoms with Crippen molar-refractivity contribution >= 4 is 54.1 Å². The first kappa shape index (κ1) is 29.4. The summed E-state index contributed by atoms with van der Waals surface area (Å²) in [4.78, 5) is 4.95. The van der Waals surface area contributed by atoms with Crippen molar-refractivity contribution in [2.45, 2.75) is 13.3 Å². The quantitative estimate of drug-likeness (QED) is 0.134. The van der Waals surface area contributed by atoms with Crippen LogP contribution in [0.25, 0.3) is 93.2 Å². The first-order valence-electron chi connectivity index (χ1n) is 17.8. The summed E-state index contributed by atoms with van der Waals surface area (Å²) in [7, 11) is 0. The molecule has 0 unspecified atom stereocenters. The molecule has 1 heterocycles. The zero-order valence-corrected chi connectivity index (χ0v) is 28.3. The molecular formula is C49H34N2. The minimum Gasteiger partial charge on any atom is -0.296 e. The van der Waals surface area contributed by atoms with Crippen LogP contribution in [0.2, 0.25) is 0 Å². The Labute approximate surface area is 296 Å². The monoisotopic (exact) mass is 650 g/mol.